The average Bonchev–Trinajstić information content (AvgIpc) is 2.71. The van der Waals surface area contributed by atoms with E-state index in [4.69, 9.17) is 11.6 Å². The van der Waals surface area contributed by atoms with Gasteiger partial charge in [-0.15, -0.1) is 0 Å². The Kier molecular flexibility index (Phi) is 6.80. The summed E-state index contributed by atoms with van der Waals surface area (Å²) in [7, 11) is 0. The fourth-order valence-electron chi connectivity index (χ4n) is 2.45. The van der Waals surface area contributed by atoms with Crippen molar-refractivity contribution in [2.24, 2.45) is 0 Å². The molecular weight excluding hydrogens is 459 g/mol. The van der Waals surface area contributed by atoms with Crippen LogP contribution < -0.4 is 10.6 Å². The average molecular weight is 474 g/mol. The lowest BCUT2D eigenvalue weighted by Gasteiger charge is -2.12. The number of hydrogen-bond donors (Lipinski definition) is 2. The van der Waals surface area contributed by atoms with E-state index in [0.29, 0.717) is 11.3 Å². The van der Waals surface area contributed by atoms with E-state index in [1.165, 1.54) is 24.3 Å². The van der Waals surface area contributed by atoms with Crippen molar-refractivity contribution in [1.29, 1.82) is 0 Å². The summed E-state index contributed by atoms with van der Waals surface area (Å²) in [4.78, 5) is 25.4. The molecule has 0 aliphatic heterocycles. The van der Waals surface area contributed by atoms with Gasteiger partial charge in [0.25, 0.3) is 11.8 Å². The second kappa shape index (κ2) is 9.49. The molecule has 3 rings (SSSR count). The summed E-state index contributed by atoms with van der Waals surface area (Å²) in [6.45, 7) is 0. The molecular formula is C22H15BrClFN2O2. The number of amides is 2. The molecule has 0 aliphatic carbocycles. The van der Waals surface area contributed by atoms with Crippen LogP contribution in [-0.2, 0) is 4.79 Å². The highest BCUT2D eigenvalue weighted by Crippen LogP contribution is 2.17. The maximum atomic E-state index is 13.1. The van der Waals surface area contributed by atoms with Crippen LogP contribution in [0, 0.1) is 5.82 Å². The Morgan fingerprint density at radius 1 is 0.931 bits per heavy atom. The molecule has 7 heteroatoms. The Balaban J connectivity index is 1.89. The number of halogens is 3. The lowest BCUT2D eigenvalue weighted by molar-refractivity contribution is -0.113. The van der Waals surface area contributed by atoms with E-state index in [1.807, 2.05) is 12.1 Å². The minimum Gasteiger partial charge on any atom is -0.321 e. The first-order valence-electron chi connectivity index (χ1n) is 8.52. The van der Waals surface area contributed by atoms with Gasteiger partial charge in [0, 0.05) is 10.2 Å². The first kappa shape index (κ1) is 20.8. The molecule has 2 N–H and O–H groups in total. The van der Waals surface area contributed by atoms with Crippen LogP contribution in [0.25, 0.3) is 6.08 Å². The predicted molar refractivity (Wildman–Crippen MR) is 116 cm³/mol. The SMILES string of the molecule is O=C(Nc1ccc(F)cc1)/C(=C\c1ccc(Br)cc1)NC(=O)c1ccccc1Cl. The van der Waals surface area contributed by atoms with Crippen molar-refractivity contribution in [2.75, 3.05) is 5.32 Å². The Hall–Kier alpha value is -2.96. The van der Waals surface area contributed by atoms with Gasteiger partial charge in [0.1, 0.15) is 11.5 Å². The van der Waals surface area contributed by atoms with Crippen molar-refractivity contribution in [3.05, 3.63) is 105 Å². The molecule has 0 unspecified atom stereocenters. The second-order valence-electron chi connectivity index (χ2n) is 6.00. The molecule has 4 nitrogen and oxygen atoms in total. The Bertz CT molecular complexity index is 1070. The summed E-state index contributed by atoms with van der Waals surface area (Å²) in [6, 6.07) is 19.1. The van der Waals surface area contributed by atoms with E-state index >= 15 is 0 Å². The van der Waals surface area contributed by atoms with Gasteiger partial charge in [-0.25, -0.2) is 4.39 Å². The molecule has 0 fully saturated rings. The molecule has 2 amide bonds. The number of hydrogen-bond acceptors (Lipinski definition) is 2. The highest BCUT2D eigenvalue weighted by molar-refractivity contribution is 9.10. The van der Waals surface area contributed by atoms with Crippen molar-refractivity contribution >= 4 is 51.1 Å². The second-order valence-corrected chi connectivity index (χ2v) is 7.33. The fourth-order valence-corrected chi connectivity index (χ4v) is 2.94. The summed E-state index contributed by atoms with van der Waals surface area (Å²) in [5, 5.41) is 5.52. The Labute approximate surface area is 180 Å². The minimum atomic E-state index is -0.556. The summed E-state index contributed by atoms with van der Waals surface area (Å²) in [6.07, 6.45) is 1.54. The van der Waals surface area contributed by atoms with Crippen LogP contribution >= 0.6 is 27.5 Å². The number of carbonyl (C=O) groups is 2. The van der Waals surface area contributed by atoms with Gasteiger partial charge in [-0.3, -0.25) is 9.59 Å². The first-order chi connectivity index (χ1) is 13.9. The molecule has 0 saturated heterocycles. The van der Waals surface area contributed by atoms with Gasteiger partial charge in [0.15, 0.2) is 0 Å². The highest BCUT2D eigenvalue weighted by atomic mass is 79.9. The Morgan fingerprint density at radius 3 is 2.24 bits per heavy atom. The molecule has 0 spiro atoms. The van der Waals surface area contributed by atoms with Crippen molar-refractivity contribution in [1.82, 2.24) is 5.32 Å². The molecule has 29 heavy (non-hydrogen) atoms. The van der Waals surface area contributed by atoms with Gasteiger partial charge < -0.3 is 10.6 Å². The van der Waals surface area contributed by atoms with E-state index in [0.717, 1.165) is 4.47 Å². The topological polar surface area (TPSA) is 58.2 Å². The standard InChI is InChI=1S/C22H15BrClFN2O2/c23-15-7-5-14(6-8-15)13-20(22(29)26-17-11-9-16(25)10-12-17)27-21(28)18-3-1-2-4-19(18)24/h1-13H,(H,26,29)(H,27,28)/b20-13+. The molecule has 0 saturated carbocycles. The molecule has 3 aromatic rings. The van der Waals surface area contributed by atoms with Crippen LogP contribution in [0.2, 0.25) is 5.02 Å². The van der Waals surface area contributed by atoms with Gasteiger partial charge in [-0.05, 0) is 60.2 Å². The third-order valence-electron chi connectivity index (χ3n) is 3.89. The smallest absolute Gasteiger partial charge is 0.272 e. The molecule has 0 aromatic heterocycles. The number of benzene rings is 3. The summed E-state index contributed by atoms with van der Waals surface area (Å²) in [5.41, 5.74) is 1.36. The van der Waals surface area contributed by atoms with Crippen LogP contribution in [0.15, 0.2) is 83.0 Å². The summed E-state index contributed by atoms with van der Waals surface area (Å²) >= 11 is 9.44. The van der Waals surface area contributed by atoms with Crippen LogP contribution in [0.5, 0.6) is 0 Å². The molecule has 0 radical (unpaired) electrons. The lowest BCUT2D eigenvalue weighted by Crippen LogP contribution is -2.30. The van der Waals surface area contributed by atoms with Crippen LogP contribution in [0.4, 0.5) is 10.1 Å². The van der Waals surface area contributed by atoms with Gasteiger partial charge in [-0.2, -0.15) is 0 Å². The van der Waals surface area contributed by atoms with Crippen molar-refractivity contribution in [3.8, 4) is 0 Å². The fraction of sp³-hybridized carbons (Fsp3) is 0. The molecule has 3 aromatic carbocycles. The van der Waals surface area contributed by atoms with Crippen LogP contribution in [0.1, 0.15) is 15.9 Å². The van der Waals surface area contributed by atoms with E-state index < -0.39 is 17.6 Å². The molecule has 0 atom stereocenters. The molecule has 0 bridgehead atoms. The minimum absolute atomic E-state index is 0.0153. The van der Waals surface area contributed by atoms with E-state index in [2.05, 4.69) is 26.6 Å². The zero-order chi connectivity index (χ0) is 20.8. The predicted octanol–water partition coefficient (Wildman–Crippen LogP) is 5.65. The molecule has 146 valence electrons. The van der Waals surface area contributed by atoms with Gasteiger partial charge in [0.2, 0.25) is 0 Å². The largest absolute Gasteiger partial charge is 0.321 e. The number of carbonyl (C=O) groups excluding carboxylic acids is 2. The number of rotatable bonds is 5. The highest BCUT2D eigenvalue weighted by Gasteiger charge is 2.17. The lowest BCUT2D eigenvalue weighted by atomic mass is 10.1. The quantitative estimate of drug-likeness (QED) is 0.470. The van der Waals surface area contributed by atoms with E-state index in [9.17, 15) is 14.0 Å². The monoisotopic (exact) mass is 472 g/mol. The Morgan fingerprint density at radius 2 is 1.59 bits per heavy atom. The van der Waals surface area contributed by atoms with E-state index in [-0.39, 0.29) is 16.3 Å². The van der Waals surface area contributed by atoms with E-state index in [1.54, 1.807) is 42.5 Å². The first-order valence-corrected chi connectivity index (χ1v) is 9.69. The van der Waals surface area contributed by atoms with Gasteiger partial charge >= 0.3 is 0 Å². The van der Waals surface area contributed by atoms with Gasteiger partial charge in [0.05, 0.1) is 10.6 Å². The summed E-state index contributed by atoms with van der Waals surface area (Å²) in [5.74, 6) is -1.49. The van der Waals surface area contributed by atoms with Crippen molar-refractivity contribution in [2.45, 2.75) is 0 Å². The number of nitrogens with one attached hydrogen (secondary N) is 2. The van der Waals surface area contributed by atoms with Crippen molar-refractivity contribution in [3.63, 3.8) is 0 Å². The van der Waals surface area contributed by atoms with Crippen LogP contribution in [0.3, 0.4) is 0 Å². The third-order valence-corrected chi connectivity index (χ3v) is 4.75. The normalized spacial score (nSPS) is 11.1. The molecule has 0 aliphatic rings. The number of anilines is 1. The maximum Gasteiger partial charge on any atom is 0.272 e. The molecule has 0 heterocycles. The van der Waals surface area contributed by atoms with Crippen LogP contribution in [-0.4, -0.2) is 11.8 Å². The zero-order valence-corrected chi connectivity index (χ0v) is 17.3. The maximum absolute atomic E-state index is 13.1. The van der Waals surface area contributed by atoms with Gasteiger partial charge in [-0.1, -0.05) is 51.8 Å². The summed E-state index contributed by atoms with van der Waals surface area (Å²) < 4.78 is 14.0. The third kappa shape index (κ3) is 5.76. The van der Waals surface area contributed by atoms with Crippen molar-refractivity contribution < 1.29 is 14.0 Å². The zero-order valence-electron chi connectivity index (χ0n) is 15.0.